The molecule has 1 saturated heterocycles. The molecule has 2 aliphatic rings. The van der Waals surface area contributed by atoms with Crippen LogP contribution in [0.15, 0.2) is 30.3 Å². The number of carbonyl (C=O) groups excluding carboxylic acids is 1. The lowest BCUT2D eigenvalue weighted by Gasteiger charge is -2.32. The molecule has 0 bridgehead atoms. The molecule has 0 spiro atoms. The van der Waals surface area contributed by atoms with Crippen LogP contribution < -0.4 is 20.4 Å². The van der Waals surface area contributed by atoms with E-state index in [0.29, 0.717) is 29.7 Å². The molecule has 2 aromatic carbocycles. The zero-order valence-corrected chi connectivity index (χ0v) is 19.9. The highest BCUT2D eigenvalue weighted by molar-refractivity contribution is 6.62. The lowest BCUT2D eigenvalue weighted by molar-refractivity contribution is 0.00578. The maximum atomic E-state index is 15.1. The smallest absolute Gasteiger partial charge is 0.497 e. The van der Waals surface area contributed by atoms with Crippen molar-refractivity contribution in [3.05, 3.63) is 53.1 Å². The summed E-state index contributed by atoms with van der Waals surface area (Å²) < 4.78 is 46.1. The topological polar surface area (TPSA) is 80.3 Å². The van der Waals surface area contributed by atoms with Gasteiger partial charge < -0.3 is 24.5 Å². The third-order valence-electron chi connectivity index (χ3n) is 6.86. The first-order valence-corrected chi connectivity index (χ1v) is 11.2. The number of fused-ring (bicyclic) bond motifs is 1. The Morgan fingerprint density at radius 1 is 1.18 bits per heavy atom. The second-order valence-electron chi connectivity index (χ2n) is 9.60. The van der Waals surface area contributed by atoms with Crippen LogP contribution >= 0.6 is 0 Å². The predicted molar refractivity (Wildman–Crippen MR) is 124 cm³/mol. The summed E-state index contributed by atoms with van der Waals surface area (Å²) in [6.07, 6.45) is 0.521. The summed E-state index contributed by atoms with van der Waals surface area (Å²) in [4.78, 5) is 14.4. The Morgan fingerprint density at radius 3 is 2.47 bits per heavy atom. The average Bonchev–Trinajstić information content (AvgIpc) is 3.27. The van der Waals surface area contributed by atoms with E-state index in [0.717, 1.165) is 5.56 Å². The van der Waals surface area contributed by atoms with Gasteiger partial charge in [0.15, 0.2) is 0 Å². The molecule has 1 atom stereocenters. The van der Waals surface area contributed by atoms with Crippen LogP contribution in [0.3, 0.4) is 0 Å². The van der Waals surface area contributed by atoms with Crippen LogP contribution in [-0.4, -0.2) is 49.7 Å². The van der Waals surface area contributed by atoms with E-state index in [-0.39, 0.29) is 5.75 Å². The number of urea groups is 1. The van der Waals surface area contributed by atoms with E-state index in [1.807, 2.05) is 27.7 Å². The third kappa shape index (κ3) is 4.37. The molecular weight excluding hydrogens is 445 g/mol. The third-order valence-corrected chi connectivity index (χ3v) is 6.86. The summed E-state index contributed by atoms with van der Waals surface area (Å²) in [5, 5.41) is 12.5. The summed E-state index contributed by atoms with van der Waals surface area (Å²) >= 11 is 0. The van der Waals surface area contributed by atoms with E-state index >= 15 is 4.39 Å². The van der Waals surface area contributed by atoms with Gasteiger partial charge >= 0.3 is 13.1 Å². The molecule has 2 N–H and O–H groups in total. The number of amides is 2. The molecule has 182 valence electrons. The highest BCUT2D eigenvalue weighted by Gasteiger charge is 2.52. The summed E-state index contributed by atoms with van der Waals surface area (Å²) in [5.74, 6) is -0.817. The number of aliphatic hydroxyl groups excluding tert-OH is 1. The number of hydrogen-bond donors (Lipinski definition) is 2. The quantitative estimate of drug-likeness (QED) is 0.652. The van der Waals surface area contributed by atoms with Crippen LogP contribution in [0.25, 0.3) is 0 Å². The summed E-state index contributed by atoms with van der Waals surface area (Å²) in [5.41, 5.74) is 0.661. The number of anilines is 1. The molecule has 0 unspecified atom stereocenters. The first-order chi connectivity index (χ1) is 16.0. The molecule has 34 heavy (non-hydrogen) atoms. The van der Waals surface area contributed by atoms with Gasteiger partial charge in [-0.3, -0.25) is 4.90 Å². The molecule has 2 amide bonds. The predicted octanol–water partition coefficient (Wildman–Crippen LogP) is 3.08. The molecular formula is C24H29BF2N2O5. The number of nitrogens with one attached hydrogen (secondary N) is 1. The number of rotatable bonds is 5. The molecule has 0 radical (unpaired) electrons. The van der Waals surface area contributed by atoms with Gasteiger partial charge in [0.2, 0.25) is 0 Å². The number of methoxy groups -OCH3 is 1. The van der Waals surface area contributed by atoms with Gasteiger partial charge in [0.25, 0.3) is 0 Å². The van der Waals surface area contributed by atoms with Gasteiger partial charge in [-0.05, 0) is 63.4 Å². The lowest BCUT2D eigenvalue weighted by Crippen LogP contribution is -2.42. The molecule has 2 aliphatic heterocycles. The molecule has 0 aliphatic carbocycles. The first-order valence-electron chi connectivity index (χ1n) is 11.2. The number of carbonyl (C=O) groups is 1. The van der Waals surface area contributed by atoms with Crippen LogP contribution in [0.1, 0.15) is 44.9 Å². The monoisotopic (exact) mass is 474 g/mol. The number of benzene rings is 2. The fourth-order valence-corrected chi connectivity index (χ4v) is 4.16. The van der Waals surface area contributed by atoms with E-state index < -0.39 is 48.6 Å². The molecule has 7 nitrogen and oxygen atoms in total. The van der Waals surface area contributed by atoms with E-state index in [1.165, 1.54) is 30.2 Å². The average molecular weight is 474 g/mol. The Balaban J connectivity index is 1.54. The molecule has 1 fully saturated rings. The van der Waals surface area contributed by atoms with Crippen LogP contribution in [0.4, 0.5) is 19.3 Å². The van der Waals surface area contributed by atoms with Crippen LogP contribution in [-0.2, 0) is 15.7 Å². The zero-order valence-electron chi connectivity index (χ0n) is 19.9. The standard InChI is InChI=1S/C24H29BF2N2O5/c1-23(2)24(3,4)34-25(33-23)18-10-14-6-7-29(21(14)12-19(18)27)22(31)28-20(13-30)15-8-16(26)11-17(9-15)32-5/h8-12,20,30H,6-7,13H2,1-5H3,(H,28,31)/t20-/m1/s1. The number of nitrogens with zero attached hydrogens (tertiary/aromatic N) is 1. The van der Waals surface area contributed by atoms with E-state index in [9.17, 15) is 14.3 Å². The molecule has 0 saturated carbocycles. The fraction of sp³-hybridized carbons (Fsp3) is 0.458. The second-order valence-corrected chi connectivity index (χ2v) is 9.60. The van der Waals surface area contributed by atoms with Crippen molar-refractivity contribution in [3.63, 3.8) is 0 Å². The maximum Gasteiger partial charge on any atom is 0.497 e. The molecule has 4 rings (SSSR count). The zero-order chi connectivity index (χ0) is 24.8. The molecule has 2 aromatic rings. The van der Waals surface area contributed by atoms with Gasteiger partial charge in [-0.25, -0.2) is 13.6 Å². The van der Waals surface area contributed by atoms with Crippen molar-refractivity contribution in [1.29, 1.82) is 0 Å². The van der Waals surface area contributed by atoms with Crippen LogP contribution in [0, 0.1) is 11.6 Å². The minimum atomic E-state index is -0.866. The number of hydrogen-bond acceptors (Lipinski definition) is 5. The van der Waals surface area contributed by atoms with Gasteiger partial charge in [-0.1, -0.05) is 6.07 Å². The van der Waals surface area contributed by atoms with Crippen molar-refractivity contribution in [2.45, 2.75) is 51.4 Å². The van der Waals surface area contributed by atoms with Crippen LogP contribution in [0.5, 0.6) is 5.75 Å². The Hall–Kier alpha value is -2.69. The molecule has 10 heteroatoms. The molecule has 2 heterocycles. The summed E-state index contributed by atoms with van der Waals surface area (Å²) in [6.45, 7) is 7.48. The highest BCUT2D eigenvalue weighted by Crippen LogP contribution is 2.37. The minimum Gasteiger partial charge on any atom is -0.497 e. The van der Waals surface area contributed by atoms with Crippen molar-refractivity contribution in [2.24, 2.45) is 0 Å². The number of aliphatic hydroxyl groups is 1. The van der Waals surface area contributed by atoms with Crippen molar-refractivity contribution >= 4 is 24.3 Å². The van der Waals surface area contributed by atoms with Gasteiger partial charge in [0.05, 0.1) is 36.6 Å². The number of ether oxygens (including phenoxy) is 1. The van der Waals surface area contributed by atoms with Crippen molar-refractivity contribution in [3.8, 4) is 5.75 Å². The van der Waals surface area contributed by atoms with Crippen molar-refractivity contribution < 1.29 is 32.7 Å². The van der Waals surface area contributed by atoms with Gasteiger partial charge in [-0.15, -0.1) is 0 Å². The summed E-state index contributed by atoms with van der Waals surface area (Å²) in [6, 6.07) is 5.56. The summed E-state index contributed by atoms with van der Waals surface area (Å²) in [7, 11) is 0.554. The first kappa shape index (κ1) is 24.4. The van der Waals surface area contributed by atoms with E-state index in [1.54, 1.807) is 12.1 Å². The SMILES string of the molecule is COc1cc(F)cc([C@@H](CO)NC(=O)N2CCc3cc(B4OC(C)(C)C(C)(C)O4)c(F)cc32)c1. The highest BCUT2D eigenvalue weighted by atomic mass is 19.1. The van der Waals surface area contributed by atoms with Crippen molar-refractivity contribution in [2.75, 3.05) is 25.2 Å². The van der Waals surface area contributed by atoms with Crippen LogP contribution in [0.2, 0.25) is 0 Å². The number of halogens is 2. The lowest BCUT2D eigenvalue weighted by atomic mass is 9.77. The Labute approximate surface area is 198 Å². The minimum absolute atomic E-state index is 0.270. The van der Waals surface area contributed by atoms with Gasteiger partial charge in [-0.2, -0.15) is 0 Å². The second kappa shape index (κ2) is 8.83. The fourth-order valence-electron chi connectivity index (χ4n) is 4.16. The van der Waals surface area contributed by atoms with E-state index in [4.69, 9.17) is 14.0 Å². The Bertz CT molecular complexity index is 1100. The van der Waals surface area contributed by atoms with E-state index in [2.05, 4.69) is 5.32 Å². The van der Waals surface area contributed by atoms with Gasteiger partial charge in [0, 0.05) is 18.1 Å². The largest absolute Gasteiger partial charge is 0.497 e. The Kier molecular flexibility index (Phi) is 6.35. The maximum absolute atomic E-state index is 15.1. The molecule has 0 aromatic heterocycles. The normalized spacial score (nSPS) is 19.2. The van der Waals surface area contributed by atoms with Crippen molar-refractivity contribution in [1.82, 2.24) is 5.32 Å². The Morgan fingerprint density at radius 2 is 1.85 bits per heavy atom. The van der Waals surface area contributed by atoms with Gasteiger partial charge in [0.1, 0.15) is 17.4 Å².